The number of alkyl halides is 3. The van der Waals surface area contributed by atoms with Crippen LogP contribution in [0, 0.1) is 16.7 Å². The van der Waals surface area contributed by atoms with Gasteiger partial charge in [-0.25, -0.2) is 9.59 Å². The first-order valence-electron chi connectivity index (χ1n) is 15.0. The van der Waals surface area contributed by atoms with Gasteiger partial charge < -0.3 is 39.0 Å². The quantitative estimate of drug-likeness (QED) is 0.175. The van der Waals surface area contributed by atoms with Crippen molar-refractivity contribution in [3.8, 4) is 0 Å². The summed E-state index contributed by atoms with van der Waals surface area (Å²) in [4.78, 5) is 54.6. The Balaban J connectivity index is 1.77. The van der Waals surface area contributed by atoms with E-state index in [1.54, 1.807) is 32.0 Å². The molecule has 5 rings (SSSR count). The third kappa shape index (κ3) is 5.73. The molecule has 0 amide bonds. The average Bonchev–Trinajstić information content (AvgIpc) is 2.97. The smallest absolute Gasteiger partial charge is 0.455 e. The fourth-order valence-corrected chi connectivity index (χ4v) is 8.17. The molecule has 258 valence electrons. The summed E-state index contributed by atoms with van der Waals surface area (Å²) in [5.41, 5.74) is -7.23. The molecule has 1 aromatic carbocycles. The molecule has 1 heterocycles. The van der Waals surface area contributed by atoms with Gasteiger partial charge in [0.25, 0.3) is 0 Å². The lowest BCUT2D eigenvalue weighted by molar-refractivity contribution is -0.345. The van der Waals surface area contributed by atoms with Gasteiger partial charge in [0.2, 0.25) is 3.79 Å². The van der Waals surface area contributed by atoms with Crippen molar-refractivity contribution in [2.45, 2.75) is 93.0 Å². The van der Waals surface area contributed by atoms with Crippen LogP contribution in [0.4, 0.5) is 4.79 Å². The second-order valence-electron chi connectivity index (χ2n) is 13.4. The maximum atomic E-state index is 15.1. The van der Waals surface area contributed by atoms with E-state index in [0.717, 1.165) is 6.92 Å². The lowest BCUT2D eigenvalue weighted by Crippen LogP contribution is -2.81. The van der Waals surface area contributed by atoms with Gasteiger partial charge >= 0.3 is 18.1 Å². The molecule has 47 heavy (non-hydrogen) atoms. The van der Waals surface area contributed by atoms with Crippen molar-refractivity contribution in [1.82, 2.24) is 0 Å². The number of carbonyl (C=O) groups excluding carboxylic acids is 4. The second-order valence-corrected chi connectivity index (χ2v) is 15.9. The van der Waals surface area contributed by atoms with Crippen molar-refractivity contribution in [3.05, 3.63) is 47.0 Å². The molecule has 1 saturated heterocycles. The highest BCUT2D eigenvalue weighted by molar-refractivity contribution is 6.67. The van der Waals surface area contributed by atoms with Crippen molar-refractivity contribution < 1.29 is 58.2 Å². The largest absolute Gasteiger partial charge is 0.509 e. The number of halogens is 3. The summed E-state index contributed by atoms with van der Waals surface area (Å²) in [6.45, 7) is 6.13. The number of hydrogen-bond donors (Lipinski definition) is 3. The number of aliphatic hydroxyl groups excluding tert-OH is 2. The minimum absolute atomic E-state index is 0.00395. The molecule has 1 aromatic rings. The van der Waals surface area contributed by atoms with E-state index >= 15 is 4.79 Å². The van der Waals surface area contributed by atoms with Crippen LogP contribution in [-0.2, 0) is 33.3 Å². The molecule has 3 fully saturated rings. The zero-order valence-corrected chi connectivity index (χ0v) is 28.6. The summed E-state index contributed by atoms with van der Waals surface area (Å²) in [5.74, 6) is -4.01. The van der Waals surface area contributed by atoms with Crippen molar-refractivity contribution >= 4 is 58.7 Å². The predicted molar refractivity (Wildman–Crippen MR) is 166 cm³/mol. The van der Waals surface area contributed by atoms with Crippen LogP contribution in [0.2, 0.25) is 0 Å². The summed E-state index contributed by atoms with van der Waals surface area (Å²) in [7, 11) is 0. The number of Topliss-reactive ketones (excluding diaryl/α,β-unsaturated/α-hetero) is 1. The van der Waals surface area contributed by atoms with Gasteiger partial charge in [-0.05, 0) is 37.1 Å². The van der Waals surface area contributed by atoms with Crippen LogP contribution in [0.25, 0.3) is 0 Å². The van der Waals surface area contributed by atoms with Gasteiger partial charge in [-0.15, -0.1) is 0 Å². The van der Waals surface area contributed by atoms with Crippen LogP contribution in [0.5, 0.6) is 0 Å². The van der Waals surface area contributed by atoms with Crippen molar-refractivity contribution in [1.29, 1.82) is 0 Å². The number of benzene rings is 1. The zero-order valence-electron chi connectivity index (χ0n) is 26.3. The normalized spacial score (nSPS) is 37.6. The molecular formula is C32H37Cl3O12. The number of fused-ring (bicyclic) bond motifs is 5. The monoisotopic (exact) mass is 718 g/mol. The number of ether oxygens (including phenoxy) is 5. The third-order valence-electron chi connectivity index (χ3n) is 10.5. The van der Waals surface area contributed by atoms with Crippen LogP contribution >= 0.6 is 34.8 Å². The second kappa shape index (κ2) is 12.2. The molecule has 4 aliphatic rings. The highest BCUT2D eigenvalue weighted by Gasteiger charge is 2.78. The lowest BCUT2D eigenvalue weighted by Gasteiger charge is -2.67. The summed E-state index contributed by atoms with van der Waals surface area (Å²) in [6.07, 6.45) is -9.52. The number of carbonyl (C=O) groups is 4. The van der Waals surface area contributed by atoms with Crippen LogP contribution in [0.3, 0.4) is 0 Å². The molecule has 3 aliphatic carbocycles. The molecule has 1 aliphatic heterocycles. The van der Waals surface area contributed by atoms with Crippen LogP contribution in [-0.4, -0.2) is 97.9 Å². The number of ketones is 1. The van der Waals surface area contributed by atoms with E-state index in [1.165, 1.54) is 26.0 Å². The number of aliphatic hydroxyl groups is 3. The van der Waals surface area contributed by atoms with Crippen molar-refractivity contribution in [3.63, 3.8) is 0 Å². The van der Waals surface area contributed by atoms with E-state index in [9.17, 15) is 29.7 Å². The maximum Gasteiger partial charge on any atom is 0.509 e. The van der Waals surface area contributed by atoms with Gasteiger partial charge in [-0.3, -0.25) is 9.59 Å². The van der Waals surface area contributed by atoms with Gasteiger partial charge in [0.1, 0.15) is 24.4 Å². The minimum Gasteiger partial charge on any atom is -0.455 e. The van der Waals surface area contributed by atoms with Crippen molar-refractivity contribution in [2.75, 3.05) is 13.2 Å². The SMILES string of the molecule is CC(=O)O[C@@]12CO[C@@H]1C[C@H](O)[C@@]1(C)C(=O)[C@H](OC(=O)OCC(Cl)(Cl)Cl)C3=C(C)[C@@H](O)C[C@@](O)([C@@H](OC(=O)c4ccccc4)[C@H]21)C3(C)C. The molecule has 9 atom stereocenters. The Bertz CT molecular complexity index is 1490. The Morgan fingerprint density at radius 1 is 1.06 bits per heavy atom. The molecule has 2 bridgehead atoms. The average molecular weight is 720 g/mol. The minimum atomic E-state index is -2.23. The van der Waals surface area contributed by atoms with E-state index < -0.39 is 99.2 Å². The van der Waals surface area contributed by atoms with Gasteiger partial charge in [0.15, 0.2) is 17.5 Å². The van der Waals surface area contributed by atoms with Gasteiger partial charge in [-0.2, -0.15) is 0 Å². The van der Waals surface area contributed by atoms with Gasteiger partial charge in [-0.1, -0.05) is 66.8 Å². The molecule has 0 spiro atoms. The molecule has 12 nitrogen and oxygen atoms in total. The van der Waals surface area contributed by atoms with Crippen LogP contribution < -0.4 is 0 Å². The summed E-state index contributed by atoms with van der Waals surface area (Å²) in [6, 6.07) is 7.91. The Morgan fingerprint density at radius 3 is 2.26 bits per heavy atom. The standard InChI is InChI=1S/C32H37Cl3O12/c1-15-18(37)12-31(42)25(46-26(40)17-9-7-6-8-10-17)23-29(5,19(38)11-20-30(23,13-43-20)47-16(2)36)24(39)22(21(15)28(31,3)4)45-27(41)44-14-32(33,34)35/h6-10,18-20,22-23,25,37-38,42H,11-14H2,1-5H3/t18-,19-,20+,22+,23-,25-,29+,30-,31+/m0/s1. The van der Waals surface area contributed by atoms with E-state index in [4.69, 9.17) is 58.5 Å². The molecule has 2 saturated carbocycles. The fraction of sp³-hybridized carbons (Fsp3) is 0.625. The lowest BCUT2D eigenvalue weighted by atomic mass is 9.44. The highest BCUT2D eigenvalue weighted by atomic mass is 35.6. The zero-order chi connectivity index (χ0) is 34.9. The predicted octanol–water partition coefficient (Wildman–Crippen LogP) is 3.61. The number of rotatable bonds is 5. The van der Waals surface area contributed by atoms with Crippen LogP contribution in [0.15, 0.2) is 41.5 Å². The first-order chi connectivity index (χ1) is 21.7. The first-order valence-corrected chi connectivity index (χ1v) is 16.2. The maximum absolute atomic E-state index is 15.1. The number of hydrogen-bond acceptors (Lipinski definition) is 12. The molecule has 15 heteroatoms. The topological polar surface area (TPSA) is 175 Å². The van der Waals surface area contributed by atoms with Gasteiger partial charge in [0, 0.05) is 25.2 Å². The Hall–Kier alpha value is -2.45. The molecule has 0 unspecified atom stereocenters. The van der Waals surface area contributed by atoms with E-state index in [2.05, 4.69) is 0 Å². The van der Waals surface area contributed by atoms with Gasteiger partial charge in [0.05, 0.1) is 35.7 Å². The molecular weight excluding hydrogens is 683 g/mol. The summed E-state index contributed by atoms with van der Waals surface area (Å²) < 4.78 is 26.5. The van der Waals surface area contributed by atoms with Crippen molar-refractivity contribution in [2.24, 2.45) is 16.7 Å². The Kier molecular flexibility index (Phi) is 9.27. The molecule has 3 N–H and O–H groups in total. The highest BCUT2D eigenvalue weighted by Crippen LogP contribution is 2.64. The first kappa shape index (κ1) is 35.8. The van der Waals surface area contributed by atoms with E-state index in [0.29, 0.717) is 0 Å². The molecule has 0 radical (unpaired) electrons. The summed E-state index contributed by atoms with van der Waals surface area (Å²) >= 11 is 17.2. The van der Waals surface area contributed by atoms with E-state index in [-0.39, 0.29) is 29.7 Å². The van der Waals surface area contributed by atoms with Crippen LogP contribution in [0.1, 0.15) is 57.8 Å². The third-order valence-corrected chi connectivity index (χ3v) is 10.8. The Morgan fingerprint density at radius 2 is 1.70 bits per heavy atom. The summed E-state index contributed by atoms with van der Waals surface area (Å²) in [5, 5.41) is 36.2. The Labute approximate surface area is 286 Å². The van der Waals surface area contributed by atoms with E-state index in [1.807, 2.05) is 0 Å². The fourth-order valence-electron chi connectivity index (χ4n) is 8.01. The number of esters is 2. The molecule has 0 aromatic heterocycles.